The molecule has 0 saturated heterocycles. The van der Waals surface area contributed by atoms with Gasteiger partial charge >= 0.3 is 0 Å². The third kappa shape index (κ3) is 3.46. The van der Waals surface area contributed by atoms with Crippen molar-refractivity contribution in [3.8, 4) is 0 Å². The molecule has 17 heavy (non-hydrogen) atoms. The molecule has 0 aromatic carbocycles. The van der Waals surface area contributed by atoms with Gasteiger partial charge in [0.2, 0.25) is 5.76 Å². The smallest absolute Gasteiger partial charge is 0.291 e. The highest BCUT2D eigenvalue weighted by Gasteiger charge is 2.24. The van der Waals surface area contributed by atoms with E-state index in [0.717, 1.165) is 6.42 Å². The Morgan fingerprint density at radius 1 is 1.47 bits per heavy atom. The molecule has 0 fully saturated rings. The van der Waals surface area contributed by atoms with E-state index in [-0.39, 0.29) is 11.9 Å². The number of oxazole rings is 1. The Hall–Kier alpha value is -1.03. The zero-order chi connectivity index (χ0) is 13.0. The fraction of sp³-hybridized carbons (Fsp3) is 0.667. The Labute approximate surface area is 107 Å². The van der Waals surface area contributed by atoms with Gasteiger partial charge in [-0.15, -0.1) is 11.6 Å². The van der Waals surface area contributed by atoms with Crippen LogP contribution in [0, 0.1) is 13.8 Å². The fourth-order valence-corrected chi connectivity index (χ4v) is 1.80. The van der Waals surface area contributed by atoms with Crippen molar-refractivity contribution in [2.45, 2.75) is 40.2 Å². The zero-order valence-corrected chi connectivity index (χ0v) is 11.5. The molecule has 0 atom stereocenters. The molecule has 1 heterocycles. The summed E-state index contributed by atoms with van der Waals surface area (Å²) in [5, 5.41) is 0. The van der Waals surface area contributed by atoms with Gasteiger partial charge in [0.05, 0.1) is 5.69 Å². The van der Waals surface area contributed by atoms with Crippen LogP contribution in [-0.2, 0) is 0 Å². The molecule has 96 valence electrons. The highest BCUT2D eigenvalue weighted by atomic mass is 35.5. The average Bonchev–Trinajstić information content (AvgIpc) is 2.57. The van der Waals surface area contributed by atoms with E-state index in [4.69, 9.17) is 16.0 Å². The maximum atomic E-state index is 12.3. The number of carbonyl (C=O) groups excluding carboxylic acids is 1. The van der Waals surface area contributed by atoms with E-state index in [0.29, 0.717) is 29.8 Å². The SMILES string of the molecule is Cc1nc(C)c(C(=O)N(CCCCl)C(C)C)o1. The van der Waals surface area contributed by atoms with Crippen molar-refractivity contribution in [3.05, 3.63) is 17.3 Å². The van der Waals surface area contributed by atoms with E-state index < -0.39 is 0 Å². The first-order valence-electron chi connectivity index (χ1n) is 5.78. The minimum atomic E-state index is -0.108. The van der Waals surface area contributed by atoms with Gasteiger partial charge in [0.25, 0.3) is 5.91 Å². The van der Waals surface area contributed by atoms with Crippen molar-refractivity contribution in [2.24, 2.45) is 0 Å². The number of halogens is 1. The van der Waals surface area contributed by atoms with E-state index >= 15 is 0 Å². The van der Waals surface area contributed by atoms with Crippen molar-refractivity contribution in [3.63, 3.8) is 0 Å². The molecule has 1 amide bonds. The third-order valence-corrected chi connectivity index (χ3v) is 2.78. The van der Waals surface area contributed by atoms with Crippen LogP contribution in [0.4, 0.5) is 0 Å². The maximum Gasteiger partial charge on any atom is 0.291 e. The van der Waals surface area contributed by atoms with Crippen molar-refractivity contribution in [1.82, 2.24) is 9.88 Å². The Morgan fingerprint density at radius 2 is 2.12 bits per heavy atom. The largest absolute Gasteiger partial charge is 0.436 e. The van der Waals surface area contributed by atoms with Crippen LogP contribution in [0.15, 0.2) is 4.42 Å². The number of amides is 1. The fourth-order valence-electron chi connectivity index (χ4n) is 1.68. The van der Waals surface area contributed by atoms with Crippen LogP contribution >= 0.6 is 11.6 Å². The number of hydrogen-bond donors (Lipinski definition) is 0. The van der Waals surface area contributed by atoms with Gasteiger partial charge in [-0.05, 0) is 27.2 Å². The van der Waals surface area contributed by atoms with Crippen LogP contribution in [0.5, 0.6) is 0 Å². The molecule has 0 radical (unpaired) electrons. The number of hydrogen-bond acceptors (Lipinski definition) is 3. The van der Waals surface area contributed by atoms with E-state index in [9.17, 15) is 4.79 Å². The first-order valence-corrected chi connectivity index (χ1v) is 6.31. The average molecular weight is 259 g/mol. The van der Waals surface area contributed by atoms with Crippen LogP contribution in [-0.4, -0.2) is 34.3 Å². The molecule has 0 spiro atoms. The standard InChI is InChI=1S/C12H19ClN2O2/c1-8(2)15(7-5-6-13)12(16)11-9(3)14-10(4)17-11/h8H,5-7H2,1-4H3. The molecule has 1 aromatic heterocycles. The summed E-state index contributed by atoms with van der Waals surface area (Å²) in [7, 11) is 0. The summed E-state index contributed by atoms with van der Waals surface area (Å²) in [5.74, 6) is 1.30. The zero-order valence-electron chi connectivity index (χ0n) is 10.8. The van der Waals surface area contributed by atoms with E-state index in [2.05, 4.69) is 4.98 Å². The molecular weight excluding hydrogens is 240 g/mol. The normalized spacial score (nSPS) is 10.9. The lowest BCUT2D eigenvalue weighted by Gasteiger charge is -2.25. The number of nitrogens with zero attached hydrogens (tertiary/aromatic N) is 2. The second-order valence-corrected chi connectivity index (χ2v) is 4.66. The van der Waals surface area contributed by atoms with Gasteiger partial charge in [-0.3, -0.25) is 4.79 Å². The molecule has 0 aliphatic rings. The number of alkyl halides is 1. The lowest BCUT2D eigenvalue weighted by Crippen LogP contribution is -2.38. The first kappa shape index (κ1) is 14.0. The highest BCUT2D eigenvalue weighted by Crippen LogP contribution is 2.14. The van der Waals surface area contributed by atoms with Crippen LogP contribution in [0.25, 0.3) is 0 Å². The highest BCUT2D eigenvalue weighted by molar-refractivity contribution is 6.17. The molecule has 1 aromatic rings. The number of aromatic nitrogens is 1. The molecule has 0 N–H and O–H groups in total. The van der Waals surface area contributed by atoms with Gasteiger partial charge in [0.1, 0.15) is 0 Å². The minimum Gasteiger partial charge on any atom is -0.436 e. The van der Waals surface area contributed by atoms with Gasteiger partial charge in [-0.1, -0.05) is 0 Å². The topological polar surface area (TPSA) is 46.3 Å². The molecule has 0 aliphatic carbocycles. The van der Waals surface area contributed by atoms with Crippen molar-refractivity contribution < 1.29 is 9.21 Å². The summed E-state index contributed by atoms with van der Waals surface area (Å²) in [6.45, 7) is 8.11. The van der Waals surface area contributed by atoms with Crippen LogP contribution in [0.2, 0.25) is 0 Å². The van der Waals surface area contributed by atoms with Crippen LogP contribution in [0.1, 0.15) is 42.4 Å². The summed E-state index contributed by atoms with van der Waals surface area (Å²) >= 11 is 5.66. The monoisotopic (exact) mass is 258 g/mol. The van der Waals surface area contributed by atoms with Crippen molar-refractivity contribution in [2.75, 3.05) is 12.4 Å². The Balaban J connectivity index is 2.87. The minimum absolute atomic E-state index is 0.108. The lowest BCUT2D eigenvalue weighted by molar-refractivity contribution is 0.0671. The third-order valence-electron chi connectivity index (χ3n) is 2.51. The Morgan fingerprint density at radius 3 is 2.53 bits per heavy atom. The van der Waals surface area contributed by atoms with Gasteiger partial charge in [-0.25, -0.2) is 4.98 Å². The predicted octanol–water partition coefficient (Wildman–Crippen LogP) is 2.77. The first-order chi connectivity index (χ1) is 7.97. The number of rotatable bonds is 5. The second-order valence-electron chi connectivity index (χ2n) is 4.28. The van der Waals surface area contributed by atoms with E-state index in [1.807, 2.05) is 13.8 Å². The van der Waals surface area contributed by atoms with Gasteiger partial charge in [-0.2, -0.15) is 0 Å². The predicted molar refractivity (Wildman–Crippen MR) is 67.5 cm³/mol. The van der Waals surface area contributed by atoms with Gasteiger partial charge in [0, 0.05) is 25.4 Å². The summed E-state index contributed by atoms with van der Waals surface area (Å²) in [4.78, 5) is 18.1. The Bertz CT molecular complexity index is 388. The molecule has 0 bridgehead atoms. The lowest BCUT2D eigenvalue weighted by atomic mass is 10.2. The summed E-state index contributed by atoms with van der Waals surface area (Å²) in [6.07, 6.45) is 0.775. The van der Waals surface area contributed by atoms with Crippen molar-refractivity contribution >= 4 is 17.5 Å². The molecule has 4 nitrogen and oxygen atoms in total. The molecule has 0 saturated carbocycles. The summed E-state index contributed by atoms with van der Waals surface area (Å²) in [6, 6.07) is 0.121. The molecule has 0 aliphatic heterocycles. The van der Waals surface area contributed by atoms with Crippen molar-refractivity contribution in [1.29, 1.82) is 0 Å². The van der Waals surface area contributed by atoms with Gasteiger partial charge < -0.3 is 9.32 Å². The summed E-state index contributed by atoms with van der Waals surface area (Å²) in [5.41, 5.74) is 0.643. The van der Waals surface area contributed by atoms with E-state index in [1.54, 1.807) is 18.7 Å². The summed E-state index contributed by atoms with van der Waals surface area (Å²) < 4.78 is 5.35. The van der Waals surface area contributed by atoms with E-state index in [1.165, 1.54) is 0 Å². The molecule has 5 heteroatoms. The van der Waals surface area contributed by atoms with Crippen LogP contribution in [0.3, 0.4) is 0 Å². The molecular formula is C12H19ClN2O2. The van der Waals surface area contributed by atoms with Gasteiger partial charge in [0.15, 0.2) is 5.89 Å². The maximum absolute atomic E-state index is 12.3. The molecule has 1 rings (SSSR count). The quantitative estimate of drug-likeness (QED) is 0.763. The second kappa shape index (κ2) is 6.05. The molecule has 0 unspecified atom stereocenters. The van der Waals surface area contributed by atoms with Crippen LogP contribution < -0.4 is 0 Å². The number of carbonyl (C=O) groups is 1. The Kier molecular flexibility index (Phi) is 5.00. The number of aryl methyl sites for hydroxylation is 2.